The average Bonchev–Trinajstić information content (AvgIpc) is 3.15. The third-order valence-corrected chi connectivity index (χ3v) is 23.5. The van der Waals surface area contributed by atoms with Gasteiger partial charge in [0.1, 0.15) is 0 Å². The molecule has 16 heteroatoms. The van der Waals surface area contributed by atoms with Gasteiger partial charge in [-0.3, -0.25) is 0 Å². The van der Waals surface area contributed by atoms with E-state index in [0.717, 1.165) is 55.6 Å². The molecule has 2 heterocycles. The third-order valence-electron chi connectivity index (χ3n) is 16.1. The molecule has 2 aliphatic rings. The highest BCUT2D eigenvalue weighted by Gasteiger charge is 2.34. The Labute approximate surface area is 495 Å². The van der Waals surface area contributed by atoms with Gasteiger partial charge in [0.05, 0.1) is 19.6 Å². The van der Waals surface area contributed by atoms with Crippen LogP contribution in [0.1, 0.15) is 66.8 Å². The Morgan fingerprint density at radius 1 is 0.262 bits per heavy atom. The summed E-state index contributed by atoms with van der Waals surface area (Å²) in [5.74, 6) is 0. The molecule has 0 aliphatic carbocycles. The molecule has 430 valence electrons. The SMILES string of the molecule is Cc1ccc(S(=O)(=O)N2CCc3cccc4c3-c3cccc(c3)-c3c(cccc3CN(S(=O)(=O)c3ccc(C)cc3)Cc3ccccc3CN(S(=O)(=O)c3ccc(C)cc3)C4)CCN(S(=O)(=O)c3ccc(C)cc3)Cc3ccccc3C2)cc1. The van der Waals surface area contributed by atoms with Gasteiger partial charge < -0.3 is 0 Å². The number of nitrogens with zero attached hydrogens (tertiary/aromatic N) is 4. The smallest absolute Gasteiger partial charge is 0.207 e. The second-order valence-corrected chi connectivity index (χ2v) is 29.7. The van der Waals surface area contributed by atoms with Crippen molar-refractivity contribution in [2.24, 2.45) is 0 Å². The highest BCUT2D eigenvalue weighted by atomic mass is 32.2. The minimum atomic E-state index is -4.28. The predicted octanol–water partition coefficient (Wildman–Crippen LogP) is 12.5. The van der Waals surface area contributed by atoms with Crippen LogP contribution in [-0.4, -0.2) is 64.0 Å². The summed E-state index contributed by atoms with van der Waals surface area (Å²) in [6.07, 6.45) is 0.381. The first-order chi connectivity index (χ1) is 40.2. The minimum absolute atomic E-state index is 0.0108. The summed E-state index contributed by atoms with van der Waals surface area (Å²) in [5.41, 5.74) is 11.7. The monoisotopic (exact) mass is 1190 g/mol. The lowest BCUT2D eigenvalue weighted by Crippen LogP contribution is -2.35. The largest absolute Gasteiger partial charge is 0.243 e. The van der Waals surface area contributed by atoms with Gasteiger partial charge in [-0.1, -0.05) is 174 Å². The van der Waals surface area contributed by atoms with Gasteiger partial charge in [0.2, 0.25) is 40.1 Å². The lowest BCUT2D eigenvalue weighted by Gasteiger charge is -2.28. The lowest BCUT2D eigenvalue weighted by atomic mass is 9.88. The molecule has 11 rings (SSSR count). The molecule has 12 nitrogen and oxygen atoms in total. The van der Waals surface area contributed by atoms with E-state index in [1.807, 2.05) is 137 Å². The van der Waals surface area contributed by atoms with Gasteiger partial charge in [-0.05, 0) is 162 Å². The first-order valence-corrected chi connectivity index (χ1v) is 33.7. The van der Waals surface area contributed by atoms with Crippen LogP contribution in [0.3, 0.4) is 0 Å². The maximum Gasteiger partial charge on any atom is 0.243 e. The van der Waals surface area contributed by atoms with E-state index < -0.39 is 40.1 Å². The fourth-order valence-electron chi connectivity index (χ4n) is 11.4. The van der Waals surface area contributed by atoms with E-state index in [9.17, 15) is 0 Å². The van der Waals surface area contributed by atoms with E-state index >= 15 is 33.7 Å². The van der Waals surface area contributed by atoms with E-state index in [4.69, 9.17) is 0 Å². The summed E-state index contributed by atoms with van der Waals surface area (Å²) in [6, 6.07) is 61.1. The normalized spacial score (nSPS) is 15.6. The quantitative estimate of drug-likeness (QED) is 0.146. The third kappa shape index (κ3) is 12.1. The standard InChI is InChI=1S/C68H66N4O8S4/c1-49-22-30-63(31-23-49)81(73,74)69-40-38-53-16-9-20-61-47-71(83(77,78)65-34-26-51(3)27-35-65)45-59-14-7-8-15-60(59)46-72(84(79,80)66-36-28-52(4)29-37-66)48-62-21-10-17-54(68(62)56-19-11-18-55(42-56)67(53)61)39-41-70(44-58-13-6-5-12-57(58)43-69)82(75,76)64-32-24-50(2)25-33-64/h5-37,42H,38-41,43-48H2,1-4H3. The molecule has 0 spiro atoms. The zero-order valence-corrected chi connectivity index (χ0v) is 50.7. The summed E-state index contributed by atoms with van der Waals surface area (Å²) < 4.78 is 128. The Balaban J connectivity index is 1.18. The number of rotatable bonds is 8. The van der Waals surface area contributed by atoms with Crippen molar-refractivity contribution in [2.75, 3.05) is 13.1 Å². The zero-order chi connectivity index (χ0) is 59.0. The lowest BCUT2D eigenvalue weighted by molar-refractivity contribution is 0.384. The molecule has 0 aromatic heterocycles. The molecule has 4 bridgehead atoms. The van der Waals surface area contributed by atoms with E-state index in [-0.39, 0.29) is 84.8 Å². The predicted molar refractivity (Wildman–Crippen MR) is 330 cm³/mol. The maximum atomic E-state index is 15.4. The Hall–Kier alpha value is -7.38. The van der Waals surface area contributed by atoms with Crippen molar-refractivity contribution in [3.05, 3.63) is 273 Å². The van der Waals surface area contributed by atoms with Gasteiger partial charge in [0.15, 0.2) is 0 Å². The van der Waals surface area contributed by atoms with Crippen molar-refractivity contribution < 1.29 is 33.7 Å². The van der Waals surface area contributed by atoms with Crippen molar-refractivity contribution in [3.63, 3.8) is 0 Å². The highest BCUT2D eigenvalue weighted by Crippen LogP contribution is 2.39. The molecule has 9 aromatic carbocycles. The molecule has 0 unspecified atom stereocenters. The van der Waals surface area contributed by atoms with E-state index in [1.165, 1.54) is 17.2 Å². The number of fused-ring (bicyclic) bond motifs is 2. The number of hydrogen-bond donors (Lipinski definition) is 0. The second kappa shape index (κ2) is 23.9. The van der Waals surface area contributed by atoms with Crippen molar-refractivity contribution in [1.29, 1.82) is 0 Å². The Kier molecular flexibility index (Phi) is 16.6. The van der Waals surface area contributed by atoms with Gasteiger partial charge in [-0.25, -0.2) is 33.7 Å². The highest BCUT2D eigenvalue weighted by molar-refractivity contribution is 7.90. The van der Waals surface area contributed by atoms with Gasteiger partial charge in [-0.15, -0.1) is 0 Å². The van der Waals surface area contributed by atoms with Crippen LogP contribution in [-0.2, 0) is 92.2 Å². The van der Waals surface area contributed by atoms with Crippen LogP contribution in [0.15, 0.2) is 226 Å². The van der Waals surface area contributed by atoms with Gasteiger partial charge in [-0.2, -0.15) is 17.2 Å². The maximum absolute atomic E-state index is 15.4. The van der Waals surface area contributed by atoms with Crippen LogP contribution in [0, 0.1) is 27.7 Å². The average molecular weight is 1200 g/mol. The molecule has 9 aromatic rings. The van der Waals surface area contributed by atoms with Crippen molar-refractivity contribution in [1.82, 2.24) is 17.2 Å². The molecule has 0 saturated carbocycles. The number of benzene rings is 9. The van der Waals surface area contributed by atoms with E-state index in [2.05, 4.69) is 0 Å². The summed E-state index contributed by atoms with van der Waals surface area (Å²) in [5, 5.41) is 0. The van der Waals surface area contributed by atoms with Crippen molar-refractivity contribution in [3.8, 4) is 22.3 Å². The van der Waals surface area contributed by atoms with Gasteiger partial charge in [0.25, 0.3) is 0 Å². The van der Waals surface area contributed by atoms with Gasteiger partial charge in [0, 0.05) is 52.4 Å². The number of sulfonamides is 4. The molecule has 0 N–H and O–H groups in total. The molecule has 0 atom stereocenters. The first-order valence-electron chi connectivity index (χ1n) is 28.0. The Morgan fingerprint density at radius 3 is 0.810 bits per heavy atom. The summed E-state index contributed by atoms with van der Waals surface area (Å²) >= 11 is 0. The Morgan fingerprint density at radius 2 is 0.500 bits per heavy atom. The van der Waals surface area contributed by atoms with Crippen LogP contribution < -0.4 is 0 Å². The Bertz CT molecular complexity index is 4110. The molecule has 84 heavy (non-hydrogen) atoms. The van der Waals surface area contributed by atoms with Crippen molar-refractivity contribution in [2.45, 2.75) is 99.4 Å². The van der Waals surface area contributed by atoms with Crippen LogP contribution in [0.2, 0.25) is 0 Å². The molecule has 2 aliphatic heterocycles. The topological polar surface area (TPSA) is 150 Å². The van der Waals surface area contributed by atoms with Crippen LogP contribution >= 0.6 is 0 Å². The van der Waals surface area contributed by atoms with Crippen LogP contribution in [0.4, 0.5) is 0 Å². The molecule has 0 radical (unpaired) electrons. The summed E-state index contributed by atoms with van der Waals surface area (Å²) in [6.45, 7) is 6.89. The van der Waals surface area contributed by atoms with E-state index in [1.54, 1.807) is 97.1 Å². The number of hydrogen-bond acceptors (Lipinski definition) is 8. The van der Waals surface area contributed by atoms with Gasteiger partial charge >= 0.3 is 0 Å². The molecular formula is C68H66N4O8S4. The van der Waals surface area contributed by atoms with Crippen LogP contribution in [0.5, 0.6) is 0 Å². The fourth-order valence-corrected chi connectivity index (χ4v) is 17.0. The molecule has 0 fully saturated rings. The zero-order valence-electron chi connectivity index (χ0n) is 47.4. The molecule has 0 saturated heterocycles. The molecule has 0 amide bonds. The van der Waals surface area contributed by atoms with E-state index in [0.29, 0.717) is 33.4 Å². The fraction of sp³-hybridized carbons (Fsp3) is 0.206. The minimum Gasteiger partial charge on any atom is -0.207 e. The number of aryl methyl sites for hydroxylation is 4. The molecular weight excluding hydrogens is 1130 g/mol. The van der Waals surface area contributed by atoms with Crippen molar-refractivity contribution >= 4 is 40.1 Å². The summed E-state index contributed by atoms with van der Waals surface area (Å²) in [7, 11) is -17.0. The summed E-state index contributed by atoms with van der Waals surface area (Å²) in [4.78, 5) is 0.398. The van der Waals surface area contributed by atoms with Crippen LogP contribution in [0.25, 0.3) is 22.3 Å². The second-order valence-electron chi connectivity index (χ2n) is 22.0. The first kappa shape index (κ1) is 58.4.